The lowest BCUT2D eigenvalue weighted by atomic mass is 10.0. The van der Waals surface area contributed by atoms with Crippen molar-refractivity contribution in [1.82, 2.24) is 0 Å². The molecule has 0 rings (SSSR count). The van der Waals surface area contributed by atoms with E-state index in [4.69, 9.17) is 0 Å². The van der Waals surface area contributed by atoms with Crippen LogP contribution in [0.1, 0.15) is 6.92 Å². The fourth-order valence-electron chi connectivity index (χ4n) is 2.48. The van der Waals surface area contributed by atoms with Crippen molar-refractivity contribution in [2.75, 3.05) is 0 Å². The predicted octanol–water partition coefficient (Wildman–Crippen LogP) is 11.6. The van der Waals surface area contributed by atoms with E-state index in [1.807, 2.05) is 0 Å². The topological polar surface area (TPSA) is 18.5 Å². The maximum absolute atomic E-state index is 14.6. The maximum Gasteiger partial charge on any atom is 0.573 e. The van der Waals surface area contributed by atoms with Crippen LogP contribution in [0.15, 0.2) is 182 Å². The summed E-state index contributed by atoms with van der Waals surface area (Å²) in [4.78, 5) is 0. The van der Waals surface area contributed by atoms with Gasteiger partial charge < -0.3 is 9.47 Å². The second-order valence-corrected chi connectivity index (χ2v) is 8.74. The van der Waals surface area contributed by atoms with Crippen molar-refractivity contribution in [1.29, 1.82) is 0 Å². The zero-order valence-electron chi connectivity index (χ0n) is 23.8. The first kappa shape index (κ1) is 39.1. The molecule has 2 nitrogen and oxygen atoms in total. The standard InChI is InChI=1S/C33H29F9O2/c1-18(2)14-28(34)24(8)21(5)16-30(36)26(10)32(38,39)43-23(7)13-12-19(3)20(4)15-29(35)25(9)22(6)17-31(37)27(11)44-33(40,41)42/h12-17H,1,3-11H2,2H3/b13-12-,28-14+,29-15+,30-16+,31-17?. The number of halogens is 9. The van der Waals surface area contributed by atoms with Gasteiger partial charge in [-0.25, -0.2) is 17.6 Å². The molecule has 0 fully saturated rings. The molecule has 0 bridgehead atoms. The molecule has 0 atom stereocenters. The van der Waals surface area contributed by atoms with Crippen LogP contribution >= 0.6 is 0 Å². The van der Waals surface area contributed by atoms with Crippen molar-refractivity contribution in [3.8, 4) is 0 Å². The molecule has 0 radical (unpaired) electrons. The molecule has 11 heteroatoms. The van der Waals surface area contributed by atoms with Crippen molar-refractivity contribution in [3.05, 3.63) is 182 Å². The summed E-state index contributed by atoms with van der Waals surface area (Å²) in [5.41, 5.74) is -3.16. The van der Waals surface area contributed by atoms with Gasteiger partial charge >= 0.3 is 12.5 Å². The Bertz CT molecular complexity index is 1470. The maximum atomic E-state index is 14.6. The highest BCUT2D eigenvalue weighted by Crippen LogP contribution is 2.34. The van der Waals surface area contributed by atoms with Gasteiger partial charge in [-0.05, 0) is 59.6 Å². The number of allylic oxidation sites excluding steroid dienone is 16. The zero-order chi connectivity index (χ0) is 34.7. The minimum Gasteiger partial charge on any atom is -0.429 e. The SMILES string of the molecule is C=C(C)/C=C(/F)C(=C)C(=C)/C=C(/F)C(=C)C(F)(F)OC(=C)/C=C\C(=C)C(=C)/C=C(/F)C(=C)C(=C)C=C(F)C(=C)OC(F)(F)F. The fourth-order valence-corrected chi connectivity index (χ4v) is 2.48. The third kappa shape index (κ3) is 13.4. The van der Waals surface area contributed by atoms with Crippen molar-refractivity contribution in [2.24, 2.45) is 0 Å². The third-order valence-corrected chi connectivity index (χ3v) is 4.91. The van der Waals surface area contributed by atoms with E-state index in [0.29, 0.717) is 17.7 Å². The molecule has 0 saturated heterocycles. The Hall–Kier alpha value is -4.93. The Morgan fingerprint density at radius 3 is 1.41 bits per heavy atom. The molecule has 236 valence electrons. The van der Waals surface area contributed by atoms with Crippen molar-refractivity contribution >= 4 is 0 Å². The number of hydrogen-bond donors (Lipinski definition) is 0. The molecule has 0 aromatic heterocycles. The van der Waals surface area contributed by atoms with E-state index in [0.717, 1.165) is 24.3 Å². The molecular weight excluding hydrogens is 599 g/mol. The Morgan fingerprint density at radius 2 is 0.955 bits per heavy atom. The summed E-state index contributed by atoms with van der Waals surface area (Å²) >= 11 is 0. The molecule has 0 heterocycles. The Labute approximate surface area is 250 Å². The first-order chi connectivity index (χ1) is 19.9. The van der Waals surface area contributed by atoms with Crippen LogP contribution in [-0.4, -0.2) is 12.5 Å². The van der Waals surface area contributed by atoms with Gasteiger partial charge in [-0.2, -0.15) is 8.78 Å². The molecule has 0 aromatic rings. The summed E-state index contributed by atoms with van der Waals surface area (Å²) in [6.45, 7) is 34.3. The van der Waals surface area contributed by atoms with Gasteiger partial charge in [0.1, 0.15) is 23.2 Å². The first-order valence-electron chi connectivity index (χ1n) is 11.8. The lowest BCUT2D eigenvalue weighted by molar-refractivity contribution is -0.304. The summed E-state index contributed by atoms with van der Waals surface area (Å²) in [6, 6.07) is 0. The van der Waals surface area contributed by atoms with Crippen molar-refractivity contribution < 1.29 is 49.0 Å². The molecular formula is C33H29F9O2. The van der Waals surface area contributed by atoms with E-state index in [2.05, 4.69) is 75.3 Å². The summed E-state index contributed by atoms with van der Waals surface area (Å²) in [6.07, 6.45) is -5.05. The van der Waals surface area contributed by atoms with Gasteiger partial charge in [0.2, 0.25) is 0 Å². The molecule has 0 aliphatic carbocycles. The smallest absolute Gasteiger partial charge is 0.429 e. The fraction of sp³-hybridized carbons (Fsp3) is 0.0909. The van der Waals surface area contributed by atoms with Gasteiger partial charge in [0.15, 0.2) is 11.6 Å². The first-order valence-corrected chi connectivity index (χ1v) is 11.8. The second kappa shape index (κ2) is 16.1. The summed E-state index contributed by atoms with van der Waals surface area (Å²) < 4.78 is 130. The van der Waals surface area contributed by atoms with Gasteiger partial charge in [-0.1, -0.05) is 77.4 Å². The van der Waals surface area contributed by atoms with Crippen LogP contribution in [0.3, 0.4) is 0 Å². The minimum absolute atomic E-state index is 0.0788. The molecule has 0 aliphatic rings. The highest BCUT2D eigenvalue weighted by atomic mass is 19.4. The zero-order valence-corrected chi connectivity index (χ0v) is 23.8. The normalized spacial score (nSPS) is 13.2. The quantitative estimate of drug-likeness (QED) is 0.0907. The monoisotopic (exact) mass is 628 g/mol. The summed E-state index contributed by atoms with van der Waals surface area (Å²) in [5.74, 6) is -7.36. The van der Waals surface area contributed by atoms with Gasteiger partial charge in [-0.15, -0.1) is 13.2 Å². The number of alkyl halides is 5. The highest BCUT2D eigenvalue weighted by molar-refractivity contribution is 5.53. The Balaban J connectivity index is 5.46. The number of ether oxygens (including phenoxy) is 2. The Kier molecular flexibility index (Phi) is 14.3. The van der Waals surface area contributed by atoms with Gasteiger partial charge in [0, 0.05) is 11.1 Å². The van der Waals surface area contributed by atoms with Crippen LogP contribution in [0.2, 0.25) is 0 Å². The lowest BCUT2D eigenvalue weighted by Gasteiger charge is -2.19. The molecule has 0 aliphatic heterocycles. The summed E-state index contributed by atoms with van der Waals surface area (Å²) in [7, 11) is 0. The van der Waals surface area contributed by atoms with Crippen molar-refractivity contribution in [2.45, 2.75) is 19.4 Å². The van der Waals surface area contributed by atoms with E-state index in [1.165, 1.54) is 6.92 Å². The lowest BCUT2D eigenvalue weighted by Crippen LogP contribution is -2.23. The number of rotatable bonds is 17. The van der Waals surface area contributed by atoms with Crippen LogP contribution in [-0.2, 0) is 9.47 Å². The van der Waals surface area contributed by atoms with Crippen LogP contribution in [0.25, 0.3) is 0 Å². The molecule has 0 unspecified atom stereocenters. The minimum atomic E-state index is -5.21. The number of hydrogen-bond acceptors (Lipinski definition) is 2. The van der Waals surface area contributed by atoms with Crippen LogP contribution in [0, 0.1) is 0 Å². The molecule has 0 N–H and O–H groups in total. The van der Waals surface area contributed by atoms with E-state index >= 15 is 0 Å². The van der Waals surface area contributed by atoms with Gasteiger partial charge in [0.25, 0.3) is 0 Å². The van der Waals surface area contributed by atoms with E-state index in [9.17, 15) is 39.5 Å². The molecule has 0 spiro atoms. The Morgan fingerprint density at radius 1 is 0.523 bits per heavy atom. The van der Waals surface area contributed by atoms with Crippen molar-refractivity contribution in [3.63, 3.8) is 0 Å². The molecule has 0 amide bonds. The van der Waals surface area contributed by atoms with Crippen LogP contribution in [0.4, 0.5) is 39.5 Å². The average Bonchev–Trinajstić information content (AvgIpc) is 2.88. The van der Waals surface area contributed by atoms with E-state index in [1.54, 1.807) is 0 Å². The van der Waals surface area contributed by atoms with Crippen LogP contribution < -0.4 is 0 Å². The molecule has 0 saturated carbocycles. The predicted molar refractivity (Wildman–Crippen MR) is 156 cm³/mol. The van der Waals surface area contributed by atoms with Crippen LogP contribution in [0.5, 0.6) is 0 Å². The highest BCUT2D eigenvalue weighted by Gasteiger charge is 2.38. The average molecular weight is 629 g/mol. The molecule has 44 heavy (non-hydrogen) atoms. The van der Waals surface area contributed by atoms with Gasteiger partial charge in [-0.3, -0.25) is 0 Å². The van der Waals surface area contributed by atoms with E-state index in [-0.39, 0.29) is 22.3 Å². The third-order valence-electron chi connectivity index (χ3n) is 4.91. The van der Waals surface area contributed by atoms with Gasteiger partial charge in [0.05, 0.1) is 5.57 Å². The summed E-state index contributed by atoms with van der Waals surface area (Å²) in [5, 5.41) is 0. The second-order valence-electron chi connectivity index (χ2n) is 8.74. The molecule has 0 aromatic carbocycles. The largest absolute Gasteiger partial charge is 0.573 e. The van der Waals surface area contributed by atoms with E-state index < -0.39 is 64.0 Å².